The fourth-order valence-electron chi connectivity index (χ4n) is 1.62. The molecule has 1 aromatic rings. The van der Waals surface area contributed by atoms with Gasteiger partial charge < -0.3 is 10.1 Å². The number of aliphatic carboxylic acids is 1. The summed E-state index contributed by atoms with van der Waals surface area (Å²) >= 11 is 6.22. The van der Waals surface area contributed by atoms with Gasteiger partial charge in [0, 0.05) is 11.9 Å². The molecule has 19 heavy (non-hydrogen) atoms. The maximum Gasteiger partial charge on any atom is 0.329 e. The number of aromatic nitrogens is 1. The van der Waals surface area contributed by atoms with Gasteiger partial charge in [0.2, 0.25) is 0 Å². The van der Waals surface area contributed by atoms with Gasteiger partial charge >= 0.3 is 5.97 Å². The van der Waals surface area contributed by atoms with Crippen LogP contribution in [-0.4, -0.2) is 36.7 Å². The van der Waals surface area contributed by atoms with E-state index in [4.69, 9.17) is 12.2 Å². The van der Waals surface area contributed by atoms with E-state index in [1.165, 1.54) is 13.8 Å². The first kappa shape index (κ1) is 13.8. The molecule has 1 aromatic heterocycles. The molecule has 0 aliphatic carbocycles. The highest BCUT2D eigenvalue weighted by molar-refractivity contribution is 8.26. The Morgan fingerprint density at radius 1 is 1.58 bits per heavy atom. The standard InChI is InChI=1S/C12H12N2O3S2/c1-12(2,10(16)17)14-9(15)8(19-11(14)18)6-7-4-3-5-13-7/h3-6,13H,1-2H3,(H,16,17)/b8-6+. The lowest BCUT2D eigenvalue weighted by molar-refractivity contribution is -0.150. The third-order valence-corrected chi connectivity index (χ3v) is 4.09. The second-order valence-corrected chi connectivity index (χ2v) is 6.18. The Bertz CT molecular complexity index is 576. The van der Waals surface area contributed by atoms with Gasteiger partial charge in [-0.25, -0.2) is 4.79 Å². The molecule has 1 aliphatic rings. The highest BCUT2D eigenvalue weighted by Crippen LogP contribution is 2.36. The number of thiocarbonyl (C=S) groups is 1. The maximum absolute atomic E-state index is 12.3. The van der Waals surface area contributed by atoms with E-state index in [1.807, 2.05) is 12.1 Å². The van der Waals surface area contributed by atoms with Gasteiger partial charge in [0.15, 0.2) is 0 Å². The number of carboxylic acid groups (broad SMARTS) is 1. The summed E-state index contributed by atoms with van der Waals surface area (Å²) in [5, 5.41) is 9.19. The van der Waals surface area contributed by atoms with Crippen molar-refractivity contribution in [3.8, 4) is 0 Å². The quantitative estimate of drug-likeness (QED) is 0.660. The highest BCUT2D eigenvalue weighted by atomic mass is 32.2. The highest BCUT2D eigenvalue weighted by Gasteiger charge is 2.46. The second kappa shape index (κ2) is 4.82. The van der Waals surface area contributed by atoms with E-state index in [9.17, 15) is 14.7 Å². The Labute approximate surface area is 119 Å². The van der Waals surface area contributed by atoms with Gasteiger partial charge in [-0.2, -0.15) is 0 Å². The van der Waals surface area contributed by atoms with Crippen molar-refractivity contribution in [2.24, 2.45) is 0 Å². The van der Waals surface area contributed by atoms with Gasteiger partial charge in [-0.3, -0.25) is 9.69 Å². The molecule has 5 nitrogen and oxygen atoms in total. The average molecular weight is 296 g/mol. The number of H-pyrrole nitrogens is 1. The fraction of sp³-hybridized carbons (Fsp3) is 0.250. The van der Waals surface area contributed by atoms with Crippen molar-refractivity contribution < 1.29 is 14.7 Å². The van der Waals surface area contributed by atoms with Gasteiger partial charge in [-0.05, 0) is 32.1 Å². The number of nitrogens with zero attached hydrogens (tertiary/aromatic N) is 1. The molecular weight excluding hydrogens is 284 g/mol. The SMILES string of the molecule is CC(C)(C(=O)O)N1C(=O)/C(=C\c2ccc[nH]2)SC1=S. The van der Waals surface area contributed by atoms with Crippen LogP contribution in [0.5, 0.6) is 0 Å². The Kier molecular flexibility index (Phi) is 3.51. The molecule has 7 heteroatoms. The number of amides is 1. The summed E-state index contributed by atoms with van der Waals surface area (Å²) in [4.78, 5) is 28.0. The van der Waals surface area contributed by atoms with Gasteiger partial charge in [-0.15, -0.1) is 0 Å². The van der Waals surface area contributed by atoms with Crippen molar-refractivity contribution in [3.63, 3.8) is 0 Å². The molecule has 1 amide bonds. The minimum Gasteiger partial charge on any atom is -0.480 e. The first-order chi connectivity index (χ1) is 8.84. The lowest BCUT2D eigenvalue weighted by atomic mass is 10.0. The lowest BCUT2D eigenvalue weighted by Gasteiger charge is -2.29. The lowest BCUT2D eigenvalue weighted by Crippen LogP contribution is -2.52. The van der Waals surface area contributed by atoms with Crippen molar-refractivity contribution in [1.29, 1.82) is 0 Å². The summed E-state index contributed by atoms with van der Waals surface area (Å²) in [6.07, 6.45) is 3.41. The van der Waals surface area contributed by atoms with E-state index < -0.39 is 11.5 Å². The maximum atomic E-state index is 12.3. The number of carboxylic acids is 1. The van der Waals surface area contributed by atoms with Gasteiger partial charge in [-0.1, -0.05) is 24.0 Å². The molecule has 2 rings (SSSR count). The predicted octanol–water partition coefficient (Wildman–Crippen LogP) is 2.08. The normalized spacial score (nSPS) is 18.4. The number of aromatic amines is 1. The molecule has 2 N–H and O–H groups in total. The van der Waals surface area contributed by atoms with E-state index in [1.54, 1.807) is 12.3 Å². The zero-order valence-electron chi connectivity index (χ0n) is 10.3. The molecule has 0 saturated carbocycles. The zero-order chi connectivity index (χ0) is 14.2. The third-order valence-electron chi connectivity index (χ3n) is 2.78. The largest absolute Gasteiger partial charge is 0.480 e. The molecule has 0 radical (unpaired) electrons. The van der Waals surface area contributed by atoms with Crippen molar-refractivity contribution in [1.82, 2.24) is 9.88 Å². The van der Waals surface area contributed by atoms with Gasteiger partial charge in [0.05, 0.1) is 4.91 Å². The molecule has 100 valence electrons. The van der Waals surface area contributed by atoms with Crippen LogP contribution in [-0.2, 0) is 9.59 Å². The minimum atomic E-state index is -1.35. The summed E-state index contributed by atoms with van der Waals surface area (Å²) in [5.74, 6) is -1.47. The monoisotopic (exact) mass is 296 g/mol. The van der Waals surface area contributed by atoms with E-state index in [0.717, 1.165) is 22.4 Å². The Morgan fingerprint density at radius 3 is 2.79 bits per heavy atom. The Hall–Kier alpha value is -1.60. The number of nitrogens with one attached hydrogen (secondary N) is 1. The minimum absolute atomic E-state index is 0.259. The summed E-state index contributed by atoms with van der Waals surface area (Å²) in [5.41, 5.74) is -0.583. The van der Waals surface area contributed by atoms with E-state index in [2.05, 4.69) is 4.98 Å². The molecule has 1 aliphatic heterocycles. The van der Waals surface area contributed by atoms with E-state index in [0.29, 0.717) is 4.91 Å². The van der Waals surface area contributed by atoms with Gasteiger partial charge in [0.25, 0.3) is 5.91 Å². The van der Waals surface area contributed by atoms with Crippen LogP contribution in [0.4, 0.5) is 0 Å². The summed E-state index contributed by atoms with van der Waals surface area (Å²) in [6, 6.07) is 3.63. The summed E-state index contributed by atoms with van der Waals surface area (Å²) < 4.78 is 0.259. The van der Waals surface area contributed by atoms with Crippen LogP contribution in [0, 0.1) is 0 Å². The van der Waals surface area contributed by atoms with Crippen molar-refractivity contribution in [2.75, 3.05) is 0 Å². The van der Waals surface area contributed by atoms with Crippen LogP contribution in [0.1, 0.15) is 19.5 Å². The van der Waals surface area contributed by atoms with Crippen LogP contribution in [0.2, 0.25) is 0 Å². The molecule has 0 bridgehead atoms. The second-order valence-electron chi connectivity index (χ2n) is 4.51. The van der Waals surface area contributed by atoms with Crippen LogP contribution >= 0.6 is 24.0 Å². The molecular formula is C12H12N2O3S2. The number of rotatable bonds is 3. The summed E-state index contributed by atoms with van der Waals surface area (Å²) in [6.45, 7) is 2.91. The van der Waals surface area contributed by atoms with Crippen molar-refractivity contribution in [3.05, 3.63) is 28.9 Å². The zero-order valence-corrected chi connectivity index (χ0v) is 12.0. The molecule has 0 aromatic carbocycles. The number of hydrogen-bond acceptors (Lipinski definition) is 4. The smallest absolute Gasteiger partial charge is 0.329 e. The molecule has 0 atom stereocenters. The number of hydrogen-bond donors (Lipinski definition) is 2. The van der Waals surface area contributed by atoms with E-state index in [-0.39, 0.29) is 10.2 Å². The summed E-state index contributed by atoms with van der Waals surface area (Å²) in [7, 11) is 0. The Morgan fingerprint density at radius 2 is 2.26 bits per heavy atom. The fourth-order valence-corrected chi connectivity index (χ4v) is 3.16. The number of thioether (sulfide) groups is 1. The Balaban J connectivity index is 2.34. The van der Waals surface area contributed by atoms with E-state index >= 15 is 0 Å². The molecule has 0 spiro atoms. The topological polar surface area (TPSA) is 73.4 Å². The van der Waals surface area contributed by atoms with Gasteiger partial charge in [0.1, 0.15) is 9.86 Å². The molecule has 1 fully saturated rings. The first-order valence-electron chi connectivity index (χ1n) is 5.49. The average Bonchev–Trinajstić information content (AvgIpc) is 2.88. The van der Waals surface area contributed by atoms with Crippen LogP contribution in [0.3, 0.4) is 0 Å². The predicted molar refractivity (Wildman–Crippen MR) is 77.5 cm³/mol. The third kappa shape index (κ3) is 2.43. The number of carbonyl (C=O) groups is 2. The first-order valence-corrected chi connectivity index (χ1v) is 6.71. The molecule has 2 heterocycles. The van der Waals surface area contributed by atoms with Crippen molar-refractivity contribution >= 4 is 46.3 Å². The van der Waals surface area contributed by atoms with Crippen LogP contribution in [0.15, 0.2) is 23.2 Å². The molecule has 0 unspecified atom stereocenters. The number of carbonyl (C=O) groups excluding carboxylic acids is 1. The molecule has 1 saturated heterocycles. The van der Waals surface area contributed by atoms with Crippen LogP contribution in [0.25, 0.3) is 6.08 Å². The van der Waals surface area contributed by atoms with Crippen LogP contribution < -0.4 is 0 Å². The van der Waals surface area contributed by atoms with Crippen molar-refractivity contribution in [2.45, 2.75) is 19.4 Å².